The second-order valence-electron chi connectivity index (χ2n) is 19.0. The molecular weight excluding hydrogens is 841 g/mol. The largest absolute Gasteiger partial charge is 0.497 e. The summed E-state index contributed by atoms with van der Waals surface area (Å²) in [6, 6.07) is 50.7. The Kier molecular flexibility index (Phi) is 14.2. The number of methoxy groups -OCH3 is 2. The minimum atomic E-state index is -0.125. The van der Waals surface area contributed by atoms with E-state index in [0.29, 0.717) is 0 Å². The molecule has 350 valence electrons. The van der Waals surface area contributed by atoms with Crippen LogP contribution in [0.3, 0.4) is 0 Å². The van der Waals surface area contributed by atoms with Crippen molar-refractivity contribution in [1.82, 2.24) is 0 Å². The van der Waals surface area contributed by atoms with Gasteiger partial charge in [-0.2, -0.15) is 0 Å². The number of ether oxygens (including phenoxy) is 2. The first-order valence-electron chi connectivity index (χ1n) is 23.8. The van der Waals surface area contributed by atoms with Crippen molar-refractivity contribution in [3.8, 4) is 11.5 Å². The molecule has 2 unspecified atom stereocenters. The molecule has 0 amide bonds. The molecular formula is C58H68N8O2+2. The van der Waals surface area contributed by atoms with Crippen LogP contribution in [0.4, 0.5) is 45.5 Å². The van der Waals surface area contributed by atoms with E-state index in [2.05, 4.69) is 209 Å². The summed E-state index contributed by atoms with van der Waals surface area (Å²) < 4.78 is 14.2. The molecule has 0 N–H and O–H groups in total. The van der Waals surface area contributed by atoms with Crippen molar-refractivity contribution in [2.24, 2.45) is 10.2 Å². The van der Waals surface area contributed by atoms with E-state index in [1.54, 1.807) is 23.6 Å². The lowest BCUT2D eigenvalue weighted by atomic mass is 9.81. The summed E-state index contributed by atoms with van der Waals surface area (Å²) >= 11 is 0. The SMILES string of the molecule is C=[N+](N=CC1N(CCCCCCN2c3ccccc3C(C)(C)C2C=N[N+](=C)c2ccc(N(C)c3ccc(OC)cc3)cc2)c2ccccc2C1(C)C)c1ccc(N(C)c2ccc(OC)cc2)cc1. The molecule has 10 nitrogen and oxygen atoms in total. The smallest absolute Gasteiger partial charge is 0.237 e. The van der Waals surface area contributed by atoms with Crippen LogP contribution in [0.2, 0.25) is 0 Å². The normalized spacial score (nSPS) is 16.8. The number of anilines is 6. The molecule has 0 saturated carbocycles. The van der Waals surface area contributed by atoms with Crippen LogP contribution in [0, 0.1) is 0 Å². The number of unbranched alkanes of at least 4 members (excludes halogenated alkanes) is 3. The first-order chi connectivity index (χ1) is 32.8. The molecule has 2 aliphatic heterocycles. The van der Waals surface area contributed by atoms with Crippen LogP contribution in [-0.4, -0.2) is 88.7 Å². The molecule has 0 aliphatic carbocycles. The molecule has 0 saturated heterocycles. The van der Waals surface area contributed by atoms with Gasteiger partial charge in [0, 0.05) is 96.4 Å². The summed E-state index contributed by atoms with van der Waals surface area (Å²) in [7, 11) is 7.50. The van der Waals surface area contributed by atoms with Gasteiger partial charge in [-0.15, -0.1) is 0 Å². The van der Waals surface area contributed by atoms with Gasteiger partial charge < -0.3 is 29.1 Å². The van der Waals surface area contributed by atoms with Gasteiger partial charge in [-0.25, -0.2) is 0 Å². The number of benzene rings is 6. The van der Waals surface area contributed by atoms with E-state index in [1.807, 2.05) is 24.3 Å². The zero-order valence-electron chi connectivity index (χ0n) is 41.2. The van der Waals surface area contributed by atoms with Crippen molar-refractivity contribution in [2.75, 3.05) is 61.0 Å². The Morgan fingerprint density at radius 1 is 0.500 bits per heavy atom. The Hall–Kier alpha value is -7.20. The van der Waals surface area contributed by atoms with Crippen molar-refractivity contribution in [2.45, 2.75) is 76.3 Å². The maximum atomic E-state index is 5.34. The summed E-state index contributed by atoms with van der Waals surface area (Å²) in [5.74, 6) is 1.68. The van der Waals surface area contributed by atoms with E-state index in [9.17, 15) is 0 Å². The molecule has 6 aromatic rings. The maximum Gasteiger partial charge on any atom is 0.237 e. The average molecular weight is 909 g/mol. The molecule has 0 bridgehead atoms. The molecule has 0 radical (unpaired) electrons. The highest BCUT2D eigenvalue weighted by molar-refractivity contribution is 5.81. The highest BCUT2D eigenvalue weighted by Crippen LogP contribution is 2.46. The molecule has 2 atom stereocenters. The number of hydrazone groups is 2. The molecule has 10 heteroatoms. The molecule has 0 fully saturated rings. The van der Waals surface area contributed by atoms with Crippen LogP contribution in [0.5, 0.6) is 11.5 Å². The molecule has 8 rings (SSSR count). The fourth-order valence-electron chi connectivity index (χ4n) is 9.93. The summed E-state index contributed by atoms with van der Waals surface area (Å²) in [5.41, 5.74) is 11.2. The van der Waals surface area contributed by atoms with Crippen molar-refractivity contribution in [1.29, 1.82) is 0 Å². The lowest BCUT2D eigenvalue weighted by molar-refractivity contribution is -0.435. The highest BCUT2D eigenvalue weighted by atomic mass is 16.5. The number of para-hydroxylation sites is 2. The molecule has 2 heterocycles. The monoisotopic (exact) mass is 909 g/mol. The Morgan fingerprint density at radius 3 is 1.16 bits per heavy atom. The minimum Gasteiger partial charge on any atom is -0.497 e. The number of nitrogens with zero attached hydrogens (tertiary/aromatic N) is 8. The predicted octanol–water partition coefficient (Wildman–Crippen LogP) is 12.5. The van der Waals surface area contributed by atoms with Gasteiger partial charge in [0.2, 0.25) is 11.4 Å². The van der Waals surface area contributed by atoms with Crippen LogP contribution in [0.15, 0.2) is 156 Å². The fraction of sp³-hybridized carbons (Fsp3) is 0.310. The van der Waals surface area contributed by atoms with Gasteiger partial charge in [0.15, 0.2) is 13.4 Å². The van der Waals surface area contributed by atoms with Crippen LogP contribution < -0.4 is 29.1 Å². The van der Waals surface area contributed by atoms with E-state index in [4.69, 9.17) is 19.7 Å². The third kappa shape index (κ3) is 9.77. The van der Waals surface area contributed by atoms with Gasteiger partial charge in [0.1, 0.15) is 11.5 Å². The Bertz CT molecular complexity index is 2550. The Balaban J connectivity index is 0.881. The average Bonchev–Trinajstić information content (AvgIpc) is 3.73. The van der Waals surface area contributed by atoms with E-state index in [0.717, 1.165) is 84.4 Å². The topological polar surface area (TPSA) is 62.2 Å². The third-order valence-electron chi connectivity index (χ3n) is 14.2. The van der Waals surface area contributed by atoms with Gasteiger partial charge >= 0.3 is 0 Å². The van der Waals surface area contributed by atoms with E-state index in [-0.39, 0.29) is 22.9 Å². The standard InChI is InChI=1S/C58H68N8O2/c1-57(2)51-19-13-15-21-53(51)65(55(57)41-59-63(7)47-27-23-43(24-28-47)61(5)45-31-35-49(67-9)36-32-45)39-17-11-12-18-40-66-54-22-16-14-20-52(54)58(3,4)56(66)42-60-64(8)48-29-25-44(26-30-48)62(6)46-33-37-50(68-10)38-34-46/h13-16,19-38,41-42,55-56H,7-8,11-12,17-18,39-40H2,1-6,9-10H3/q+2. The predicted molar refractivity (Wildman–Crippen MR) is 286 cm³/mol. The molecule has 0 aromatic heterocycles. The Morgan fingerprint density at radius 2 is 0.824 bits per heavy atom. The van der Waals surface area contributed by atoms with E-state index >= 15 is 0 Å². The van der Waals surface area contributed by atoms with Crippen LogP contribution in [0.1, 0.15) is 64.5 Å². The number of hydrogen-bond donors (Lipinski definition) is 0. The summed E-state index contributed by atoms with van der Waals surface area (Å²) in [4.78, 5) is 9.42. The molecule has 0 spiro atoms. The summed E-state index contributed by atoms with van der Waals surface area (Å²) in [5, 5.41) is 9.93. The second-order valence-corrected chi connectivity index (χ2v) is 19.0. The van der Waals surface area contributed by atoms with Gasteiger partial charge in [-0.3, -0.25) is 0 Å². The zero-order chi connectivity index (χ0) is 48.0. The van der Waals surface area contributed by atoms with Crippen molar-refractivity contribution in [3.05, 3.63) is 157 Å². The molecule has 6 aromatic carbocycles. The maximum absolute atomic E-state index is 5.34. The number of fused-ring (bicyclic) bond motifs is 2. The fourth-order valence-corrected chi connectivity index (χ4v) is 9.93. The number of rotatable bonds is 19. The van der Waals surface area contributed by atoms with Crippen molar-refractivity contribution in [3.63, 3.8) is 0 Å². The van der Waals surface area contributed by atoms with Crippen LogP contribution in [-0.2, 0) is 10.8 Å². The third-order valence-corrected chi connectivity index (χ3v) is 14.2. The van der Waals surface area contributed by atoms with Crippen LogP contribution >= 0.6 is 0 Å². The van der Waals surface area contributed by atoms with Gasteiger partial charge in [-0.05, 0) is 119 Å². The Labute approximate surface area is 404 Å². The van der Waals surface area contributed by atoms with Crippen molar-refractivity contribution >= 4 is 71.4 Å². The lowest BCUT2D eigenvalue weighted by Crippen LogP contribution is -2.43. The minimum absolute atomic E-state index is 0.0827. The first-order valence-corrected chi connectivity index (χ1v) is 23.8. The molecule has 2 aliphatic rings. The lowest BCUT2D eigenvalue weighted by Gasteiger charge is -2.31. The van der Waals surface area contributed by atoms with E-state index < -0.39 is 0 Å². The van der Waals surface area contributed by atoms with E-state index in [1.165, 1.54) is 22.5 Å². The van der Waals surface area contributed by atoms with Gasteiger partial charge in [0.05, 0.1) is 38.7 Å². The second kappa shape index (κ2) is 20.3. The first kappa shape index (κ1) is 47.3. The van der Waals surface area contributed by atoms with Crippen LogP contribution in [0.25, 0.3) is 0 Å². The molecule has 68 heavy (non-hydrogen) atoms. The van der Waals surface area contributed by atoms with Gasteiger partial charge in [0.25, 0.3) is 0 Å². The zero-order valence-corrected chi connectivity index (χ0v) is 41.2. The number of hydrogen-bond acceptors (Lipinski definition) is 8. The van der Waals surface area contributed by atoms with Crippen molar-refractivity contribution < 1.29 is 18.8 Å². The highest BCUT2D eigenvalue weighted by Gasteiger charge is 2.45. The summed E-state index contributed by atoms with van der Waals surface area (Å²) in [6.07, 6.45) is 8.65. The summed E-state index contributed by atoms with van der Waals surface area (Å²) in [6.45, 7) is 19.9. The quantitative estimate of drug-likeness (QED) is 0.0349. The van der Waals surface area contributed by atoms with Gasteiger partial charge in [-0.1, -0.05) is 86.3 Å².